The van der Waals surface area contributed by atoms with Crippen molar-refractivity contribution in [3.05, 3.63) is 5.82 Å². The van der Waals surface area contributed by atoms with E-state index in [1.165, 1.54) is 25.7 Å². The van der Waals surface area contributed by atoms with Crippen LogP contribution in [0.3, 0.4) is 0 Å². The van der Waals surface area contributed by atoms with Crippen molar-refractivity contribution < 1.29 is 4.79 Å². The molecule has 1 saturated carbocycles. The highest BCUT2D eigenvalue weighted by molar-refractivity contribution is 5.75. The Balaban J connectivity index is 1.60. The van der Waals surface area contributed by atoms with Gasteiger partial charge in [0.1, 0.15) is 0 Å². The number of amides is 1. The largest absolute Gasteiger partial charge is 0.349 e. The maximum Gasteiger partial charge on any atom is 0.220 e. The Morgan fingerprint density at radius 3 is 2.94 bits per heavy atom. The molecule has 88 valence electrons. The maximum absolute atomic E-state index is 11.5. The van der Waals surface area contributed by atoms with E-state index in [1.54, 1.807) is 0 Å². The number of aromatic amines is 1. The molecule has 2 rings (SSSR count). The molecule has 1 amide bonds. The number of tetrazole rings is 1. The number of aromatic nitrogens is 4. The van der Waals surface area contributed by atoms with Crippen molar-refractivity contribution in [1.82, 2.24) is 25.9 Å². The first-order chi connectivity index (χ1) is 7.84. The maximum atomic E-state index is 11.5. The normalized spacial score (nSPS) is 16.5. The monoisotopic (exact) mass is 223 g/mol. The molecule has 0 saturated heterocycles. The summed E-state index contributed by atoms with van der Waals surface area (Å²) in [6, 6.07) is 0. The predicted octanol–water partition coefficient (Wildman–Crippen LogP) is 0.786. The Hall–Kier alpha value is -1.46. The smallest absolute Gasteiger partial charge is 0.220 e. The quantitative estimate of drug-likeness (QED) is 0.772. The first kappa shape index (κ1) is 11.0. The van der Waals surface area contributed by atoms with Crippen LogP contribution in [-0.4, -0.2) is 26.5 Å². The van der Waals surface area contributed by atoms with Crippen molar-refractivity contribution in [2.45, 2.75) is 45.1 Å². The lowest BCUT2D eigenvalue weighted by Crippen LogP contribution is -2.23. The molecule has 0 atom stereocenters. The van der Waals surface area contributed by atoms with Gasteiger partial charge in [-0.1, -0.05) is 30.9 Å². The van der Waals surface area contributed by atoms with Crippen LogP contribution in [-0.2, 0) is 11.3 Å². The molecule has 0 radical (unpaired) electrons. The zero-order chi connectivity index (χ0) is 11.2. The van der Waals surface area contributed by atoms with Crippen LogP contribution >= 0.6 is 0 Å². The number of hydrogen-bond donors (Lipinski definition) is 2. The summed E-state index contributed by atoms with van der Waals surface area (Å²) >= 11 is 0. The molecule has 0 spiro atoms. The van der Waals surface area contributed by atoms with Gasteiger partial charge in [0.05, 0.1) is 6.54 Å². The minimum absolute atomic E-state index is 0.0803. The fraction of sp³-hybridized carbons (Fsp3) is 0.800. The van der Waals surface area contributed by atoms with Gasteiger partial charge in [0.15, 0.2) is 5.82 Å². The summed E-state index contributed by atoms with van der Waals surface area (Å²) in [5.41, 5.74) is 0. The van der Waals surface area contributed by atoms with Crippen LogP contribution < -0.4 is 5.32 Å². The number of nitrogens with one attached hydrogen (secondary N) is 2. The van der Waals surface area contributed by atoms with Gasteiger partial charge in [-0.25, -0.2) is 0 Å². The third-order valence-electron chi connectivity index (χ3n) is 3.09. The highest BCUT2D eigenvalue weighted by atomic mass is 16.1. The average molecular weight is 223 g/mol. The second kappa shape index (κ2) is 5.58. The Morgan fingerprint density at radius 2 is 2.25 bits per heavy atom. The summed E-state index contributed by atoms with van der Waals surface area (Å²) in [5, 5.41) is 16.1. The van der Waals surface area contributed by atoms with Crippen LogP contribution in [0.4, 0.5) is 0 Å². The van der Waals surface area contributed by atoms with Crippen molar-refractivity contribution in [3.8, 4) is 0 Å². The molecule has 16 heavy (non-hydrogen) atoms. The molecule has 0 aromatic carbocycles. The first-order valence-corrected chi connectivity index (χ1v) is 5.83. The van der Waals surface area contributed by atoms with E-state index >= 15 is 0 Å². The van der Waals surface area contributed by atoms with Gasteiger partial charge in [-0.05, 0) is 12.3 Å². The van der Waals surface area contributed by atoms with Crippen molar-refractivity contribution >= 4 is 5.91 Å². The lowest BCUT2D eigenvalue weighted by Gasteiger charge is -2.07. The summed E-state index contributed by atoms with van der Waals surface area (Å²) in [7, 11) is 0. The van der Waals surface area contributed by atoms with Crippen molar-refractivity contribution in [2.75, 3.05) is 0 Å². The van der Waals surface area contributed by atoms with Gasteiger partial charge in [0.25, 0.3) is 0 Å². The summed E-state index contributed by atoms with van der Waals surface area (Å²) in [6.45, 7) is 0.361. The number of carbonyl (C=O) groups excluding carboxylic acids is 1. The Kier molecular flexibility index (Phi) is 3.85. The minimum atomic E-state index is 0.0803. The van der Waals surface area contributed by atoms with Gasteiger partial charge in [0, 0.05) is 6.42 Å². The Morgan fingerprint density at radius 1 is 1.44 bits per heavy atom. The third-order valence-corrected chi connectivity index (χ3v) is 3.09. The molecule has 1 heterocycles. The highest BCUT2D eigenvalue weighted by Gasteiger charge is 2.16. The fourth-order valence-electron chi connectivity index (χ4n) is 2.16. The molecule has 1 fully saturated rings. The average Bonchev–Trinajstić information content (AvgIpc) is 2.96. The van der Waals surface area contributed by atoms with Gasteiger partial charge in [-0.15, -0.1) is 10.2 Å². The molecule has 0 unspecified atom stereocenters. The molecule has 6 heteroatoms. The number of nitrogens with zero attached hydrogens (tertiary/aromatic N) is 3. The van der Waals surface area contributed by atoms with Crippen LogP contribution in [0.15, 0.2) is 0 Å². The Labute approximate surface area is 94.2 Å². The highest BCUT2D eigenvalue weighted by Crippen LogP contribution is 2.28. The molecule has 2 N–H and O–H groups in total. The van der Waals surface area contributed by atoms with Crippen LogP contribution in [0, 0.1) is 5.92 Å². The summed E-state index contributed by atoms with van der Waals surface area (Å²) in [5.74, 6) is 1.36. The van der Waals surface area contributed by atoms with Crippen LogP contribution in [0.5, 0.6) is 0 Å². The summed E-state index contributed by atoms with van der Waals surface area (Å²) < 4.78 is 0. The van der Waals surface area contributed by atoms with E-state index < -0.39 is 0 Å². The topological polar surface area (TPSA) is 83.6 Å². The van der Waals surface area contributed by atoms with Gasteiger partial charge >= 0.3 is 0 Å². The third kappa shape index (κ3) is 3.29. The molecule has 1 aromatic heterocycles. The van der Waals surface area contributed by atoms with Crippen molar-refractivity contribution in [1.29, 1.82) is 0 Å². The van der Waals surface area contributed by atoms with E-state index in [4.69, 9.17) is 0 Å². The molecular weight excluding hydrogens is 206 g/mol. The van der Waals surface area contributed by atoms with Crippen LogP contribution in [0.25, 0.3) is 0 Å². The number of H-pyrrole nitrogens is 1. The standard InChI is InChI=1S/C10H17N5O/c16-10(6-5-8-3-1-2-4-8)11-7-9-12-14-15-13-9/h8H,1-7H2,(H,11,16)(H,12,13,14,15). The molecule has 6 nitrogen and oxygen atoms in total. The van der Waals surface area contributed by atoms with E-state index in [0.717, 1.165) is 12.3 Å². The van der Waals surface area contributed by atoms with Gasteiger partial charge in [-0.2, -0.15) is 5.21 Å². The van der Waals surface area contributed by atoms with Gasteiger partial charge in [0.2, 0.25) is 5.91 Å². The van der Waals surface area contributed by atoms with Gasteiger partial charge < -0.3 is 5.32 Å². The van der Waals surface area contributed by atoms with Crippen molar-refractivity contribution in [3.63, 3.8) is 0 Å². The van der Waals surface area contributed by atoms with Crippen LogP contribution in [0.1, 0.15) is 44.3 Å². The summed E-state index contributed by atoms with van der Waals surface area (Å²) in [4.78, 5) is 11.5. The molecule has 1 aliphatic rings. The second-order valence-electron chi connectivity index (χ2n) is 4.29. The zero-order valence-electron chi connectivity index (χ0n) is 9.28. The lowest BCUT2D eigenvalue weighted by atomic mass is 10.0. The summed E-state index contributed by atoms with van der Waals surface area (Å²) in [6.07, 6.45) is 6.86. The number of rotatable bonds is 5. The van der Waals surface area contributed by atoms with E-state index in [1.807, 2.05) is 0 Å². The molecule has 1 aromatic rings. The predicted molar refractivity (Wildman–Crippen MR) is 57.2 cm³/mol. The Bertz CT molecular complexity index is 318. The number of hydrogen-bond acceptors (Lipinski definition) is 4. The molecule has 1 aliphatic carbocycles. The van der Waals surface area contributed by atoms with E-state index in [-0.39, 0.29) is 5.91 Å². The second-order valence-corrected chi connectivity index (χ2v) is 4.29. The van der Waals surface area contributed by atoms with E-state index in [2.05, 4.69) is 25.9 Å². The minimum Gasteiger partial charge on any atom is -0.349 e. The lowest BCUT2D eigenvalue weighted by molar-refractivity contribution is -0.121. The van der Waals surface area contributed by atoms with E-state index in [0.29, 0.717) is 18.8 Å². The fourth-order valence-corrected chi connectivity index (χ4v) is 2.16. The number of carbonyl (C=O) groups is 1. The molecule has 0 bridgehead atoms. The van der Waals surface area contributed by atoms with Crippen molar-refractivity contribution in [2.24, 2.45) is 5.92 Å². The zero-order valence-corrected chi connectivity index (χ0v) is 9.28. The SMILES string of the molecule is O=C(CCC1CCCC1)NCc1nn[nH]n1. The molecule has 0 aliphatic heterocycles. The van der Waals surface area contributed by atoms with Crippen LogP contribution in [0.2, 0.25) is 0 Å². The first-order valence-electron chi connectivity index (χ1n) is 5.83. The van der Waals surface area contributed by atoms with Gasteiger partial charge in [-0.3, -0.25) is 4.79 Å². The molecular formula is C10H17N5O. The van der Waals surface area contributed by atoms with E-state index in [9.17, 15) is 4.79 Å².